The van der Waals surface area contributed by atoms with Crippen LogP contribution in [-0.2, 0) is 11.3 Å². The van der Waals surface area contributed by atoms with E-state index in [0.29, 0.717) is 12.5 Å². The SMILES string of the molecule is C[C@H]1CC1C(=O)NCc1ccccc1. The molecule has 0 aliphatic heterocycles. The van der Waals surface area contributed by atoms with Crippen LogP contribution in [0.15, 0.2) is 30.3 Å². The van der Waals surface area contributed by atoms with Crippen molar-refractivity contribution in [2.75, 3.05) is 0 Å². The van der Waals surface area contributed by atoms with Crippen molar-refractivity contribution in [3.63, 3.8) is 0 Å². The van der Waals surface area contributed by atoms with E-state index in [2.05, 4.69) is 12.2 Å². The first-order valence-corrected chi connectivity index (χ1v) is 5.09. The Hall–Kier alpha value is -1.31. The lowest BCUT2D eigenvalue weighted by Gasteiger charge is -2.03. The van der Waals surface area contributed by atoms with E-state index in [4.69, 9.17) is 0 Å². The molecule has 1 fully saturated rings. The van der Waals surface area contributed by atoms with Gasteiger partial charge < -0.3 is 5.32 Å². The van der Waals surface area contributed by atoms with E-state index < -0.39 is 0 Å². The summed E-state index contributed by atoms with van der Waals surface area (Å²) in [6.07, 6.45) is 1.06. The molecule has 0 saturated heterocycles. The zero-order chi connectivity index (χ0) is 9.97. The van der Waals surface area contributed by atoms with Gasteiger partial charge in [-0.15, -0.1) is 0 Å². The standard InChI is InChI=1S/C12H15NO/c1-9-7-11(9)12(14)13-8-10-5-3-2-4-6-10/h2-6,9,11H,7-8H2,1H3,(H,13,14)/t9-,11?/m0/s1. The summed E-state index contributed by atoms with van der Waals surface area (Å²) >= 11 is 0. The minimum absolute atomic E-state index is 0.210. The molecule has 1 unspecified atom stereocenters. The van der Waals surface area contributed by atoms with Crippen molar-refractivity contribution in [2.24, 2.45) is 11.8 Å². The predicted molar refractivity (Wildman–Crippen MR) is 55.6 cm³/mol. The van der Waals surface area contributed by atoms with Gasteiger partial charge in [0.25, 0.3) is 0 Å². The van der Waals surface area contributed by atoms with Gasteiger partial charge in [0.1, 0.15) is 0 Å². The van der Waals surface area contributed by atoms with Crippen LogP contribution in [0.4, 0.5) is 0 Å². The second-order valence-corrected chi connectivity index (χ2v) is 4.02. The normalized spacial score (nSPS) is 24.4. The van der Waals surface area contributed by atoms with Crippen LogP contribution in [0.1, 0.15) is 18.9 Å². The average Bonchev–Trinajstić information content (AvgIpc) is 2.94. The van der Waals surface area contributed by atoms with Crippen molar-refractivity contribution in [2.45, 2.75) is 19.9 Å². The molecule has 1 aliphatic carbocycles. The van der Waals surface area contributed by atoms with Crippen LogP contribution in [-0.4, -0.2) is 5.91 Å². The fraction of sp³-hybridized carbons (Fsp3) is 0.417. The topological polar surface area (TPSA) is 29.1 Å². The van der Waals surface area contributed by atoms with E-state index in [9.17, 15) is 4.79 Å². The van der Waals surface area contributed by atoms with Crippen LogP contribution in [0.5, 0.6) is 0 Å². The van der Waals surface area contributed by atoms with Gasteiger partial charge in [0, 0.05) is 12.5 Å². The van der Waals surface area contributed by atoms with Gasteiger partial charge >= 0.3 is 0 Å². The molecular formula is C12H15NO. The van der Waals surface area contributed by atoms with Gasteiger partial charge in [-0.2, -0.15) is 0 Å². The molecule has 0 radical (unpaired) electrons. The third-order valence-corrected chi connectivity index (χ3v) is 2.76. The van der Waals surface area contributed by atoms with Crippen LogP contribution < -0.4 is 5.32 Å². The highest BCUT2D eigenvalue weighted by Gasteiger charge is 2.38. The molecule has 74 valence electrons. The molecule has 0 aromatic heterocycles. The fourth-order valence-corrected chi connectivity index (χ4v) is 1.60. The highest BCUT2D eigenvalue weighted by atomic mass is 16.2. The number of benzene rings is 1. The van der Waals surface area contributed by atoms with Crippen molar-refractivity contribution in [1.82, 2.24) is 5.32 Å². The summed E-state index contributed by atoms with van der Waals surface area (Å²) in [6, 6.07) is 10.0. The van der Waals surface area contributed by atoms with Crippen LogP contribution >= 0.6 is 0 Å². The maximum Gasteiger partial charge on any atom is 0.223 e. The number of rotatable bonds is 3. The fourth-order valence-electron chi connectivity index (χ4n) is 1.60. The summed E-state index contributed by atoms with van der Waals surface area (Å²) in [4.78, 5) is 11.5. The highest BCUT2D eigenvalue weighted by Crippen LogP contribution is 2.37. The molecule has 1 N–H and O–H groups in total. The first-order valence-electron chi connectivity index (χ1n) is 5.09. The molecule has 2 heteroatoms. The van der Waals surface area contributed by atoms with Crippen LogP contribution in [0, 0.1) is 11.8 Å². The second kappa shape index (κ2) is 3.82. The van der Waals surface area contributed by atoms with E-state index in [-0.39, 0.29) is 11.8 Å². The summed E-state index contributed by atoms with van der Waals surface area (Å²) in [7, 11) is 0. The van der Waals surface area contributed by atoms with Crippen molar-refractivity contribution < 1.29 is 4.79 Å². The van der Waals surface area contributed by atoms with Gasteiger partial charge in [0.15, 0.2) is 0 Å². The molecule has 0 spiro atoms. The van der Waals surface area contributed by atoms with Gasteiger partial charge in [-0.25, -0.2) is 0 Å². The maximum atomic E-state index is 11.5. The molecule has 1 aromatic carbocycles. The molecule has 2 atom stereocenters. The summed E-state index contributed by atoms with van der Waals surface area (Å²) in [5.41, 5.74) is 1.16. The Labute approximate surface area is 84.3 Å². The first-order chi connectivity index (χ1) is 6.77. The number of carbonyl (C=O) groups excluding carboxylic acids is 1. The monoisotopic (exact) mass is 189 g/mol. The van der Waals surface area contributed by atoms with Crippen molar-refractivity contribution in [3.8, 4) is 0 Å². The molecule has 0 heterocycles. The van der Waals surface area contributed by atoms with E-state index in [1.54, 1.807) is 0 Å². The molecule has 2 nitrogen and oxygen atoms in total. The quantitative estimate of drug-likeness (QED) is 0.773. The van der Waals surface area contributed by atoms with Crippen LogP contribution in [0.2, 0.25) is 0 Å². The molecule has 2 rings (SSSR count). The number of hydrogen-bond acceptors (Lipinski definition) is 1. The Bertz CT molecular complexity index is 320. The van der Waals surface area contributed by atoms with Gasteiger partial charge in [0.05, 0.1) is 0 Å². The maximum absolute atomic E-state index is 11.5. The lowest BCUT2D eigenvalue weighted by atomic mass is 10.2. The van der Waals surface area contributed by atoms with Crippen molar-refractivity contribution >= 4 is 5.91 Å². The van der Waals surface area contributed by atoms with Gasteiger partial charge in [-0.05, 0) is 17.9 Å². The van der Waals surface area contributed by atoms with Gasteiger partial charge in [-0.3, -0.25) is 4.79 Å². The zero-order valence-electron chi connectivity index (χ0n) is 8.36. The lowest BCUT2D eigenvalue weighted by molar-refractivity contribution is -0.122. The minimum atomic E-state index is 0.210. The molecular weight excluding hydrogens is 174 g/mol. The second-order valence-electron chi connectivity index (χ2n) is 4.02. The third kappa shape index (κ3) is 2.13. The van der Waals surface area contributed by atoms with Gasteiger partial charge in [-0.1, -0.05) is 37.3 Å². The van der Waals surface area contributed by atoms with Crippen molar-refractivity contribution in [3.05, 3.63) is 35.9 Å². The zero-order valence-corrected chi connectivity index (χ0v) is 8.36. The number of nitrogens with one attached hydrogen (secondary N) is 1. The average molecular weight is 189 g/mol. The molecule has 0 bridgehead atoms. The Balaban J connectivity index is 1.80. The van der Waals surface area contributed by atoms with Crippen LogP contribution in [0.3, 0.4) is 0 Å². The predicted octanol–water partition coefficient (Wildman–Crippen LogP) is 1.96. The molecule has 1 amide bonds. The smallest absolute Gasteiger partial charge is 0.223 e. The minimum Gasteiger partial charge on any atom is -0.352 e. The summed E-state index contributed by atoms with van der Waals surface area (Å²) in [6.45, 7) is 2.77. The lowest BCUT2D eigenvalue weighted by Crippen LogP contribution is -2.24. The van der Waals surface area contributed by atoms with Crippen LogP contribution in [0.25, 0.3) is 0 Å². The molecule has 1 aromatic rings. The molecule has 1 aliphatic rings. The Morgan fingerprint density at radius 1 is 1.43 bits per heavy atom. The Morgan fingerprint density at radius 3 is 2.64 bits per heavy atom. The molecule has 1 saturated carbocycles. The first kappa shape index (κ1) is 9.25. The van der Waals surface area contributed by atoms with E-state index in [1.165, 1.54) is 0 Å². The largest absolute Gasteiger partial charge is 0.352 e. The summed E-state index contributed by atoms with van der Waals surface area (Å²) in [5, 5.41) is 2.95. The number of carbonyl (C=O) groups is 1. The van der Waals surface area contributed by atoms with E-state index in [1.807, 2.05) is 30.3 Å². The van der Waals surface area contributed by atoms with E-state index in [0.717, 1.165) is 12.0 Å². The highest BCUT2D eigenvalue weighted by molar-refractivity contribution is 5.81. The summed E-state index contributed by atoms with van der Waals surface area (Å²) < 4.78 is 0. The van der Waals surface area contributed by atoms with Gasteiger partial charge in [0.2, 0.25) is 5.91 Å². The van der Waals surface area contributed by atoms with E-state index >= 15 is 0 Å². The Morgan fingerprint density at radius 2 is 2.07 bits per heavy atom. The Kier molecular flexibility index (Phi) is 2.53. The number of hydrogen-bond donors (Lipinski definition) is 1. The van der Waals surface area contributed by atoms with Crippen molar-refractivity contribution in [1.29, 1.82) is 0 Å². The number of amides is 1. The molecule has 14 heavy (non-hydrogen) atoms. The summed E-state index contributed by atoms with van der Waals surface area (Å²) in [5.74, 6) is 1.07. The third-order valence-electron chi connectivity index (χ3n) is 2.76.